The molecule has 5 heteroatoms. The van der Waals surface area contributed by atoms with Gasteiger partial charge in [-0.3, -0.25) is 4.79 Å². The molecular formula is C21H20N4O. The number of hydrogen-bond donors (Lipinski definition) is 1. The highest BCUT2D eigenvalue weighted by molar-refractivity contribution is 5.95. The molecule has 0 radical (unpaired) electrons. The second-order valence-corrected chi connectivity index (χ2v) is 6.49. The topological polar surface area (TPSA) is 59.3 Å². The van der Waals surface area contributed by atoms with E-state index >= 15 is 0 Å². The van der Waals surface area contributed by atoms with Gasteiger partial charge in [-0.25, -0.2) is 10.1 Å². The number of hydrogen-bond acceptors (Lipinski definition) is 3. The summed E-state index contributed by atoms with van der Waals surface area (Å²) in [5.41, 5.74) is 8.34. The number of carbonyl (C=O) groups excluding carboxylic acids is 1. The lowest BCUT2D eigenvalue weighted by Crippen LogP contribution is -2.20. The Balaban J connectivity index is 1.57. The van der Waals surface area contributed by atoms with E-state index in [1.165, 1.54) is 0 Å². The van der Waals surface area contributed by atoms with Gasteiger partial charge in [0, 0.05) is 11.3 Å². The summed E-state index contributed by atoms with van der Waals surface area (Å²) in [6.07, 6.45) is 4.52. The first-order valence-corrected chi connectivity index (χ1v) is 8.78. The van der Waals surface area contributed by atoms with Crippen LogP contribution in [0.25, 0.3) is 5.69 Å². The van der Waals surface area contributed by atoms with Gasteiger partial charge in [0.25, 0.3) is 5.91 Å². The molecule has 1 N–H and O–H groups in total. The molecule has 0 fully saturated rings. The maximum Gasteiger partial charge on any atom is 0.292 e. The van der Waals surface area contributed by atoms with Crippen LogP contribution in [0.3, 0.4) is 0 Å². The first-order valence-electron chi connectivity index (χ1n) is 8.78. The molecule has 1 amide bonds. The first-order chi connectivity index (χ1) is 12.7. The number of fused-ring (bicyclic) bond motifs is 1. The van der Waals surface area contributed by atoms with Crippen LogP contribution < -0.4 is 5.43 Å². The molecule has 2 aromatic carbocycles. The Labute approximate surface area is 152 Å². The number of benzene rings is 2. The van der Waals surface area contributed by atoms with Gasteiger partial charge in [0.05, 0.1) is 11.9 Å². The van der Waals surface area contributed by atoms with Crippen LogP contribution in [0.2, 0.25) is 0 Å². The Hall–Kier alpha value is -3.21. The largest absolute Gasteiger partial charge is 0.292 e. The van der Waals surface area contributed by atoms with E-state index in [1.54, 1.807) is 6.21 Å². The van der Waals surface area contributed by atoms with Crippen molar-refractivity contribution in [1.82, 2.24) is 15.2 Å². The smallest absolute Gasteiger partial charge is 0.265 e. The van der Waals surface area contributed by atoms with Gasteiger partial charge >= 0.3 is 0 Å². The quantitative estimate of drug-likeness (QED) is 0.582. The monoisotopic (exact) mass is 344 g/mol. The van der Waals surface area contributed by atoms with Crippen molar-refractivity contribution in [2.24, 2.45) is 5.10 Å². The summed E-state index contributed by atoms with van der Waals surface area (Å²) in [5, 5.41) is 8.67. The van der Waals surface area contributed by atoms with Crippen LogP contribution in [0, 0.1) is 6.92 Å². The van der Waals surface area contributed by atoms with Gasteiger partial charge in [0.2, 0.25) is 0 Å². The molecule has 0 saturated carbocycles. The average Bonchev–Trinajstić information content (AvgIpc) is 3.25. The predicted octanol–water partition coefficient (Wildman–Crippen LogP) is 3.43. The fourth-order valence-corrected chi connectivity index (χ4v) is 3.37. The predicted molar refractivity (Wildman–Crippen MR) is 102 cm³/mol. The zero-order chi connectivity index (χ0) is 17.9. The lowest BCUT2D eigenvalue weighted by molar-refractivity contribution is 0.0949. The van der Waals surface area contributed by atoms with E-state index in [9.17, 15) is 4.79 Å². The van der Waals surface area contributed by atoms with E-state index in [0.717, 1.165) is 47.3 Å². The minimum Gasteiger partial charge on any atom is -0.265 e. The maximum atomic E-state index is 12.6. The van der Waals surface area contributed by atoms with Crippen LogP contribution in [0.1, 0.15) is 39.3 Å². The van der Waals surface area contributed by atoms with Crippen molar-refractivity contribution in [2.45, 2.75) is 26.2 Å². The number of aryl methyl sites for hydroxylation is 1. The molecule has 1 aromatic heterocycles. The van der Waals surface area contributed by atoms with Crippen LogP contribution in [0.5, 0.6) is 0 Å². The molecule has 0 unspecified atom stereocenters. The Morgan fingerprint density at radius 2 is 2.00 bits per heavy atom. The van der Waals surface area contributed by atoms with E-state index < -0.39 is 0 Å². The fraction of sp³-hybridized carbons (Fsp3) is 0.190. The maximum absolute atomic E-state index is 12.6. The molecule has 1 heterocycles. The fourth-order valence-electron chi connectivity index (χ4n) is 3.37. The molecule has 0 spiro atoms. The second-order valence-electron chi connectivity index (χ2n) is 6.49. The molecule has 3 aromatic rings. The van der Waals surface area contributed by atoms with E-state index in [4.69, 9.17) is 0 Å². The molecule has 0 saturated heterocycles. The van der Waals surface area contributed by atoms with Gasteiger partial charge in [0.15, 0.2) is 5.69 Å². The Kier molecular flexibility index (Phi) is 4.35. The van der Waals surface area contributed by atoms with Crippen LogP contribution in [0.15, 0.2) is 59.7 Å². The van der Waals surface area contributed by atoms with Crippen molar-refractivity contribution in [1.29, 1.82) is 0 Å². The van der Waals surface area contributed by atoms with Crippen molar-refractivity contribution in [3.05, 3.63) is 82.7 Å². The van der Waals surface area contributed by atoms with Crippen LogP contribution in [-0.2, 0) is 12.8 Å². The van der Waals surface area contributed by atoms with Crippen LogP contribution >= 0.6 is 0 Å². The summed E-state index contributed by atoms with van der Waals surface area (Å²) >= 11 is 0. The SMILES string of the molecule is Cc1cccc(/C=N/NC(=O)c2nn(-c3ccccc3)c3c2CCC3)c1. The summed E-state index contributed by atoms with van der Waals surface area (Å²) in [7, 11) is 0. The second kappa shape index (κ2) is 6.96. The number of nitrogens with one attached hydrogen (secondary N) is 1. The lowest BCUT2D eigenvalue weighted by atomic mass is 10.2. The van der Waals surface area contributed by atoms with E-state index in [2.05, 4.69) is 15.6 Å². The van der Waals surface area contributed by atoms with Crippen molar-refractivity contribution < 1.29 is 4.79 Å². The van der Waals surface area contributed by atoms with E-state index in [-0.39, 0.29) is 5.91 Å². The van der Waals surface area contributed by atoms with Gasteiger partial charge in [-0.2, -0.15) is 10.2 Å². The molecule has 0 bridgehead atoms. The van der Waals surface area contributed by atoms with Crippen LogP contribution in [-0.4, -0.2) is 21.9 Å². The minimum absolute atomic E-state index is 0.262. The number of hydrazone groups is 1. The zero-order valence-electron chi connectivity index (χ0n) is 14.6. The highest BCUT2D eigenvalue weighted by Gasteiger charge is 2.26. The Morgan fingerprint density at radius 3 is 2.81 bits per heavy atom. The molecule has 0 aliphatic heterocycles. The van der Waals surface area contributed by atoms with Crippen LogP contribution in [0.4, 0.5) is 0 Å². The minimum atomic E-state index is -0.262. The summed E-state index contributed by atoms with van der Waals surface area (Å²) < 4.78 is 1.89. The lowest BCUT2D eigenvalue weighted by Gasteiger charge is -2.04. The summed E-state index contributed by atoms with van der Waals surface area (Å²) in [6, 6.07) is 17.9. The van der Waals surface area contributed by atoms with Gasteiger partial charge in [0.1, 0.15) is 0 Å². The summed E-state index contributed by atoms with van der Waals surface area (Å²) in [6.45, 7) is 2.02. The number of para-hydroxylation sites is 1. The summed E-state index contributed by atoms with van der Waals surface area (Å²) in [5.74, 6) is -0.262. The zero-order valence-corrected chi connectivity index (χ0v) is 14.6. The average molecular weight is 344 g/mol. The van der Waals surface area contributed by atoms with E-state index in [1.807, 2.05) is 66.2 Å². The van der Waals surface area contributed by atoms with Gasteiger partial charge in [-0.1, -0.05) is 48.0 Å². The van der Waals surface area contributed by atoms with Crippen molar-refractivity contribution >= 4 is 12.1 Å². The molecule has 130 valence electrons. The highest BCUT2D eigenvalue weighted by Crippen LogP contribution is 2.27. The molecule has 4 rings (SSSR count). The number of aromatic nitrogens is 2. The third-order valence-corrected chi connectivity index (χ3v) is 4.57. The Bertz CT molecular complexity index is 973. The van der Waals surface area contributed by atoms with E-state index in [0.29, 0.717) is 5.69 Å². The number of nitrogens with zero attached hydrogens (tertiary/aromatic N) is 3. The molecule has 26 heavy (non-hydrogen) atoms. The molecule has 5 nitrogen and oxygen atoms in total. The third-order valence-electron chi connectivity index (χ3n) is 4.57. The third kappa shape index (κ3) is 3.16. The van der Waals surface area contributed by atoms with Gasteiger partial charge in [-0.15, -0.1) is 0 Å². The molecular weight excluding hydrogens is 324 g/mol. The van der Waals surface area contributed by atoms with Crippen molar-refractivity contribution in [3.63, 3.8) is 0 Å². The number of amides is 1. The van der Waals surface area contributed by atoms with Crippen molar-refractivity contribution in [3.8, 4) is 5.69 Å². The molecule has 1 aliphatic rings. The van der Waals surface area contributed by atoms with Gasteiger partial charge < -0.3 is 0 Å². The number of carbonyl (C=O) groups is 1. The number of rotatable bonds is 4. The highest BCUT2D eigenvalue weighted by atomic mass is 16.2. The standard InChI is InChI=1S/C21H20N4O/c1-15-7-5-8-16(13-15)14-22-23-21(26)20-18-11-6-12-19(18)25(24-20)17-9-3-2-4-10-17/h2-5,7-10,13-14H,6,11-12H2,1H3,(H,23,26)/b22-14+. The first kappa shape index (κ1) is 16.3. The molecule has 1 aliphatic carbocycles. The Morgan fingerprint density at radius 1 is 1.15 bits per heavy atom. The normalized spacial score (nSPS) is 13.1. The van der Waals surface area contributed by atoms with Gasteiger partial charge in [-0.05, 0) is 43.9 Å². The summed E-state index contributed by atoms with van der Waals surface area (Å²) in [4.78, 5) is 12.6. The van der Waals surface area contributed by atoms with Crippen molar-refractivity contribution in [2.75, 3.05) is 0 Å². The molecule has 0 atom stereocenters.